The lowest BCUT2D eigenvalue weighted by Gasteiger charge is -2.32. The number of hydrogen-bond acceptors (Lipinski definition) is 6. The standard InChI is InChI=1S/C17H21N3O5/c1-16(2,3)25-15(23)20-9-10(8-17(20,18)14(21)22)13-19-11-6-4-5-7-12(11)24-13/h4-7,10H,8-9,18H2,1-3H3,(H,21,22)/t10-,17+/m1/s1. The van der Waals surface area contributed by atoms with Gasteiger partial charge < -0.3 is 14.3 Å². The Labute approximate surface area is 144 Å². The maximum Gasteiger partial charge on any atom is 0.412 e. The molecule has 3 rings (SSSR count). The van der Waals surface area contributed by atoms with Crippen LogP contribution in [0.2, 0.25) is 0 Å². The van der Waals surface area contributed by atoms with Crippen LogP contribution in [0.1, 0.15) is 39.0 Å². The molecule has 8 heteroatoms. The molecule has 25 heavy (non-hydrogen) atoms. The van der Waals surface area contributed by atoms with Crippen molar-refractivity contribution in [3.63, 3.8) is 0 Å². The van der Waals surface area contributed by atoms with Gasteiger partial charge in [0.25, 0.3) is 0 Å². The molecule has 1 aliphatic rings. The van der Waals surface area contributed by atoms with E-state index in [0.29, 0.717) is 17.0 Å². The molecule has 0 saturated carbocycles. The van der Waals surface area contributed by atoms with Crippen molar-refractivity contribution in [1.29, 1.82) is 0 Å². The van der Waals surface area contributed by atoms with Crippen LogP contribution in [0.15, 0.2) is 28.7 Å². The number of carbonyl (C=O) groups is 2. The molecule has 1 aromatic carbocycles. The highest BCUT2D eigenvalue weighted by atomic mass is 16.6. The van der Waals surface area contributed by atoms with E-state index in [9.17, 15) is 14.7 Å². The number of rotatable bonds is 2. The maximum absolute atomic E-state index is 12.4. The molecule has 3 N–H and O–H groups in total. The van der Waals surface area contributed by atoms with Gasteiger partial charge in [0, 0.05) is 13.0 Å². The van der Waals surface area contributed by atoms with Crippen LogP contribution in [0.5, 0.6) is 0 Å². The minimum absolute atomic E-state index is 0.00556. The topological polar surface area (TPSA) is 119 Å². The molecular formula is C17H21N3O5. The van der Waals surface area contributed by atoms with Gasteiger partial charge in [0.05, 0.1) is 5.92 Å². The molecule has 1 amide bonds. The number of aromatic nitrogens is 1. The highest BCUT2D eigenvalue weighted by Crippen LogP contribution is 2.37. The first kappa shape index (κ1) is 17.2. The summed E-state index contributed by atoms with van der Waals surface area (Å²) < 4.78 is 11.0. The summed E-state index contributed by atoms with van der Waals surface area (Å²) in [5.74, 6) is -1.36. The second kappa shape index (κ2) is 5.73. The molecule has 0 radical (unpaired) electrons. The van der Waals surface area contributed by atoms with Crippen molar-refractivity contribution in [2.75, 3.05) is 6.54 Å². The number of amides is 1. The first-order valence-corrected chi connectivity index (χ1v) is 7.98. The number of nitrogens with two attached hydrogens (primary N) is 1. The molecule has 1 aliphatic heterocycles. The lowest BCUT2D eigenvalue weighted by molar-refractivity contribution is -0.149. The van der Waals surface area contributed by atoms with Gasteiger partial charge in [-0.05, 0) is 32.9 Å². The molecule has 134 valence electrons. The van der Waals surface area contributed by atoms with Crippen molar-refractivity contribution in [3.8, 4) is 0 Å². The van der Waals surface area contributed by atoms with Crippen molar-refractivity contribution >= 4 is 23.2 Å². The van der Waals surface area contributed by atoms with E-state index in [1.54, 1.807) is 32.9 Å². The van der Waals surface area contributed by atoms with Crippen molar-refractivity contribution in [1.82, 2.24) is 9.88 Å². The van der Waals surface area contributed by atoms with Crippen LogP contribution in [0.3, 0.4) is 0 Å². The molecule has 0 bridgehead atoms. The van der Waals surface area contributed by atoms with E-state index in [1.165, 1.54) is 0 Å². The third-order valence-corrected chi connectivity index (χ3v) is 4.09. The third kappa shape index (κ3) is 3.17. The van der Waals surface area contributed by atoms with Gasteiger partial charge in [-0.1, -0.05) is 12.1 Å². The summed E-state index contributed by atoms with van der Waals surface area (Å²) in [6, 6.07) is 7.24. The largest absolute Gasteiger partial charge is 0.478 e. The second-order valence-corrected chi connectivity index (χ2v) is 7.24. The summed E-state index contributed by atoms with van der Waals surface area (Å²) in [5.41, 5.74) is 4.69. The van der Waals surface area contributed by atoms with Gasteiger partial charge in [-0.25, -0.2) is 14.6 Å². The first-order chi connectivity index (χ1) is 11.6. The Balaban J connectivity index is 1.91. The number of benzene rings is 1. The summed E-state index contributed by atoms with van der Waals surface area (Å²) in [6.45, 7) is 5.18. The smallest absolute Gasteiger partial charge is 0.412 e. The van der Waals surface area contributed by atoms with E-state index < -0.39 is 29.2 Å². The third-order valence-electron chi connectivity index (χ3n) is 4.09. The van der Waals surface area contributed by atoms with Crippen LogP contribution >= 0.6 is 0 Å². The number of fused-ring (bicyclic) bond motifs is 1. The quantitative estimate of drug-likeness (QED) is 0.855. The fraction of sp³-hybridized carbons (Fsp3) is 0.471. The Morgan fingerprint density at radius 2 is 2.08 bits per heavy atom. The lowest BCUT2D eigenvalue weighted by Crippen LogP contribution is -2.60. The summed E-state index contributed by atoms with van der Waals surface area (Å²) in [7, 11) is 0. The number of para-hydroxylation sites is 2. The number of likely N-dealkylation sites (tertiary alicyclic amines) is 1. The van der Waals surface area contributed by atoms with E-state index in [1.807, 2.05) is 12.1 Å². The highest BCUT2D eigenvalue weighted by molar-refractivity contribution is 5.85. The normalized spacial score (nSPS) is 23.8. The highest BCUT2D eigenvalue weighted by Gasteiger charge is 2.53. The monoisotopic (exact) mass is 347 g/mol. The van der Waals surface area contributed by atoms with E-state index in [2.05, 4.69) is 4.98 Å². The van der Waals surface area contributed by atoms with Crippen LogP contribution in [0.4, 0.5) is 4.79 Å². The molecule has 1 saturated heterocycles. The zero-order valence-corrected chi connectivity index (χ0v) is 14.4. The SMILES string of the molecule is CC(C)(C)OC(=O)N1C[C@H](c2nc3ccccc3o2)C[C@@]1(N)C(=O)O. The van der Waals surface area contributed by atoms with Crippen LogP contribution < -0.4 is 5.73 Å². The number of oxazole rings is 1. The predicted octanol–water partition coefficient (Wildman–Crippen LogP) is 2.29. The number of carbonyl (C=O) groups excluding carboxylic acids is 1. The fourth-order valence-corrected chi connectivity index (χ4v) is 2.92. The Bertz CT molecular complexity index is 792. The Kier molecular flexibility index (Phi) is 3.95. The van der Waals surface area contributed by atoms with Crippen LogP contribution in [0.25, 0.3) is 11.1 Å². The maximum atomic E-state index is 12.4. The zero-order chi connectivity index (χ0) is 18.4. The van der Waals surface area contributed by atoms with Gasteiger partial charge in [0.2, 0.25) is 5.89 Å². The molecule has 0 aliphatic carbocycles. The number of nitrogens with zero attached hydrogens (tertiary/aromatic N) is 2. The van der Waals surface area contributed by atoms with Crippen molar-refractivity contribution in [2.24, 2.45) is 5.73 Å². The minimum atomic E-state index is -1.87. The first-order valence-electron chi connectivity index (χ1n) is 7.98. The van der Waals surface area contributed by atoms with Crippen LogP contribution in [-0.2, 0) is 9.53 Å². The molecule has 2 heterocycles. The van der Waals surface area contributed by atoms with Crippen LogP contribution in [0, 0.1) is 0 Å². The number of carboxylic acids is 1. The summed E-state index contributed by atoms with van der Waals surface area (Å²) in [5, 5.41) is 9.57. The van der Waals surface area contributed by atoms with Gasteiger partial charge in [0.1, 0.15) is 11.1 Å². The van der Waals surface area contributed by atoms with Crippen molar-refractivity contribution in [3.05, 3.63) is 30.2 Å². The van der Waals surface area contributed by atoms with Gasteiger partial charge in [0.15, 0.2) is 11.2 Å². The molecule has 2 aromatic rings. The van der Waals surface area contributed by atoms with E-state index in [-0.39, 0.29) is 13.0 Å². The molecular weight excluding hydrogens is 326 g/mol. The van der Waals surface area contributed by atoms with E-state index >= 15 is 0 Å². The number of ether oxygens (including phenoxy) is 1. The van der Waals surface area contributed by atoms with E-state index in [0.717, 1.165) is 4.90 Å². The summed E-state index contributed by atoms with van der Waals surface area (Å²) in [6.07, 6.45) is -0.773. The van der Waals surface area contributed by atoms with Crippen molar-refractivity contribution in [2.45, 2.75) is 44.4 Å². The molecule has 1 fully saturated rings. The van der Waals surface area contributed by atoms with Gasteiger partial charge in [-0.3, -0.25) is 10.6 Å². The average molecular weight is 347 g/mol. The number of aliphatic carboxylic acids is 1. The van der Waals surface area contributed by atoms with Gasteiger partial charge in [-0.2, -0.15) is 0 Å². The molecule has 2 atom stereocenters. The van der Waals surface area contributed by atoms with Crippen LogP contribution in [-0.4, -0.2) is 44.9 Å². The molecule has 0 spiro atoms. The molecule has 8 nitrogen and oxygen atoms in total. The fourth-order valence-electron chi connectivity index (χ4n) is 2.92. The number of hydrogen-bond donors (Lipinski definition) is 2. The van der Waals surface area contributed by atoms with Gasteiger partial charge >= 0.3 is 12.1 Å². The van der Waals surface area contributed by atoms with E-state index in [4.69, 9.17) is 14.9 Å². The van der Waals surface area contributed by atoms with Gasteiger partial charge in [-0.15, -0.1) is 0 Å². The Morgan fingerprint density at radius 3 is 2.68 bits per heavy atom. The summed E-state index contributed by atoms with van der Waals surface area (Å²) >= 11 is 0. The molecule has 1 aromatic heterocycles. The Hall–Kier alpha value is -2.61. The molecule has 0 unspecified atom stereocenters. The Morgan fingerprint density at radius 1 is 1.40 bits per heavy atom. The number of carboxylic acid groups (broad SMARTS) is 1. The summed E-state index contributed by atoms with van der Waals surface area (Å²) in [4.78, 5) is 29.6. The average Bonchev–Trinajstić information content (AvgIpc) is 3.07. The second-order valence-electron chi connectivity index (χ2n) is 7.24. The predicted molar refractivity (Wildman–Crippen MR) is 88.9 cm³/mol. The lowest BCUT2D eigenvalue weighted by atomic mass is 10.0. The van der Waals surface area contributed by atoms with Crippen molar-refractivity contribution < 1.29 is 23.8 Å². The zero-order valence-electron chi connectivity index (χ0n) is 14.4. The minimum Gasteiger partial charge on any atom is -0.478 e.